The van der Waals surface area contributed by atoms with E-state index in [1.807, 2.05) is 0 Å². The van der Waals surface area contributed by atoms with E-state index in [1.54, 1.807) is 6.07 Å². The zero-order chi connectivity index (χ0) is 19.1. The van der Waals surface area contributed by atoms with Gasteiger partial charge in [0, 0.05) is 24.0 Å². The van der Waals surface area contributed by atoms with Gasteiger partial charge in [-0.25, -0.2) is 4.39 Å². The van der Waals surface area contributed by atoms with Crippen LogP contribution in [0.5, 0.6) is 0 Å². The Balaban J connectivity index is 1.58. The van der Waals surface area contributed by atoms with Crippen molar-refractivity contribution in [2.75, 3.05) is 11.9 Å². The predicted octanol–water partition coefficient (Wildman–Crippen LogP) is 4.09. The minimum atomic E-state index is -0.435. The molecule has 0 radical (unpaired) electrons. The average Bonchev–Trinajstić information content (AvgIpc) is 2.69. The number of hydrogen-bond donors (Lipinski definition) is 2. The monoisotopic (exact) mass is 367 g/mol. The summed E-state index contributed by atoms with van der Waals surface area (Å²) in [6, 6.07) is 8.58. The third-order valence-corrected chi connectivity index (χ3v) is 4.45. The molecule has 0 spiro atoms. The number of benzene rings is 1. The highest BCUT2D eigenvalue weighted by atomic mass is 19.1. The van der Waals surface area contributed by atoms with E-state index in [1.165, 1.54) is 54.9 Å². The first-order valence-electron chi connectivity index (χ1n) is 9.11. The van der Waals surface area contributed by atoms with Gasteiger partial charge in [-0.3, -0.25) is 14.6 Å². The number of nitrogens with zero attached hydrogens (tertiary/aromatic N) is 1. The third-order valence-electron chi connectivity index (χ3n) is 4.45. The van der Waals surface area contributed by atoms with Crippen LogP contribution < -0.4 is 10.6 Å². The van der Waals surface area contributed by atoms with Crippen LogP contribution in [0, 0.1) is 5.82 Å². The van der Waals surface area contributed by atoms with Crippen LogP contribution in [0.2, 0.25) is 0 Å². The summed E-state index contributed by atoms with van der Waals surface area (Å²) in [6.07, 6.45) is 9.18. The molecule has 5 nitrogen and oxygen atoms in total. The molecule has 2 N–H and O–H groups in total. The number of pyridine rings is 1. The zero-order valence-electron chi connectivity index (χ0n) is 15.0. The molecule has 3 rings (SSSR count). The van der Waals surface area contributed by atoms with E-state index in [9.17, 15) is 14.0 Å². The van der Waals surface area contributed by atoms with Crippen LogP contribution in [0.4, 0.5) is 10.1 Å². The molecule has 0 aliphatic heterocycles. The van der Waals surface area contributed by atoms with Crippen molar-refractivity contribution < 1.29 is 14.0 Å². The normalized spacial score (nSPS) is 13.6. The van der Waals surface area contributed by atoms with Crippen LogP contribution in [0.3, 0.4) is 0 Å². The lowest BCUT2D eigenvalue weighted by Gasteiger charge is -2.13. The highest BCUT2D eigenvalue weighted by molar-refractivity contribution is 6.05. The Morgan fingerprint density at radius 3 is 2.78 bits per heavy atom. The van der Waals surface area contributed by atoms with Gasteiger partial charge in [0.05, 0.1) is 0 Å². The molecule has 1 aromatic carbocycles. The quantitative estimate of drug-likeness (QED) is 0.756. The van der Waals surface area contributed by atoms with E-state index in [2.05, 4.69) is 21.7 Å². The number of halogens is 1. The first-order valence-corrected chi connectivity index (χ1v) is 9.11. The summed E-state index contributed by atoms with van der Waals surface area (Å²) in [5.41, 5.74) is 2.20. The first-order chi connectivity index (χ1) is 13.1. The second-order valence-corrected chi connectivity index (χ2v) is 6.51. The Hall–Kier alpha value is -3.02. The fraction of sp³-hybridized carbons (Fsp3) is 0.286. The van der Waals surface area contributed by atoms with E-state index in [0.29, 0.717) is 12.2 Å². The van der Waals surface area contributed by atoms with Crippen molar-refractivity contribution >= 4 is 17.5 Å². The first kappa shape index (κ1) is 18.8. The van der Waals surface area contributed by atoms with Crippen molar-refractivity contribution in [3.05, 3.63) is 71.3 Å². The second-order valence-electron chi connectivity index (χ2n) is 6.51. The predicted molar refractivity (Wildman–Crippen MR) is 102 cm³/mol. The molecule has 27 heavy (non-hydrogen) atoms. The lowest BCUT2D eigenvalue weighted by Crippen LogP contribution is -2.26. The molecule has 0 fully saturated rings. The molecule has 0 bridgehead atoms. The SMILES string of the molecule is O=C(Nc1cccc(F)c1)c1ccnc(C(=O)NCCC2=CCCCC2)c1. The van der Waals surface area contributed by atoms with Crippen LogP contribution in [-0.2, 0) is 0 Å². The molecular weight excluding hydrogens is 345 g/mol. The van der Waals surface area contributed by atoms with Gasteiger partial charge in [-0.05, 0) is 62.4 Å². The van der Waals surface area contributed by atoms with Crippen molar-refractivity contribution in [1.82, 2.24) is 10.3 Å². The molecule has 2 aromatic rings. The maximum absolute atomic E-state index is 13.2. The van der Waals surface area contributed by atoms with Crippen LogP contribution in [0.25, 0.3) is 0 Å². The number of anilines is 1. The van der Waals surface area contributed by atoms with Crippen molar-refractivity contribution in [2.24, 2.45) is 0 Å². The van der Waals surface area contributed by atoms with Crippen LogP contribution in [-0.4, -0.2) is 23.3 Å². The molecule has 1 aliphatic rings. The van der Waals surface area contributed by atoms with Gasteiger partial charge >= 0.3 is 0 Å². The van der Waals surface area contributed by atoms with Crippen molar-refractivity contribution in [2.45, 2.75) is 32.1 Å². The van der Waals surface area contributed by atoms with E-state index in [0.717, 1.165) is 19.3 Å². The molecule has 1 heterocycles. The summed E-state index contributed by atoms with van der Waals surface area (Å²) in [6.45, 7) is 0.548. The Morgan fingerprint density at radius 2 is 2.00 bits per heavy atom. The van der Waals surface area contributed by atoms with Crippen molar-refractivity contribution in [3.63, 3.8) is 0 Å². The molecule has 0 unspecified atom stereocenters. The summed E-state index contributed by atoms with van der Waals surface area (Å²) >= 11 is 0. The summed E-state index contributed by atoms with van der Waals surface area (Å²) in [5.74, 6) is -1.17. The number of allylic oxidation sites excluding steroid dienone is 1. The number of aromatic nitrogens is 1. The molecular formula is C21H22FN3O2. The molecule has 1 aromatic heterocycles. The summed E-state index contributed by atoms with van der Waals surface area (Å²) in [7, 11) is 0. The topological polar surface area (TPSA) is 71.1 Å². The maximum Gasteiger partial charge on any atom is 0.269 e. The van der Waals surface area contributed by atoms with Gasteiger partial charge < -0.3 is 10.6 Å². The number of carbonyl (C=O) groups is 2. The van der Waals surface area contributed by atoms with E-state index in [-0.39, 0.29) is 17.2 Å². The fourth-order valence-electron chi connectivity index (χ4n) is 3.02. The summed E-state index contributed by atoms with van der Waals surface area (Å²) < 4.78 is 13.2. The second kappa shape index (κ2) is 9.07. The van der Waals surface area contributed by atoms with Crippen LogP contribution in [0.15, 0.2) is 54.2 Å². The van der Waals surface area contributed by atoms with E-state index >= 15 is 0 Å². The molecule has 140 valence electrons. The largest absolute Gasteiger partial charge is 0.350 e. The van der Waals surface area contributed by atoms with Crippen molar-refractivity contribution in [1.29, 1.82) is 0 Å². The van der Waals surface area contributed by atoms with Crippen LogP contribution >= 0.6 is 0 Å². The standard InChI is InChI=1S/C21H22FN3O2/c22-17-7-4-8-18(14-17)25-20(26)16-10-12-23-19(13-16)21(27)24-11-9-15-5-2-1-3-6-15/h4-5,7-8,10,12-14H,1-3,6,9,11H2,(H,24,27)(H,25,26). The maximum atomic E-state index is 13.2. The van der Waals surface area contributed by atoms with Gasteiger partial charge in [0.15, 0.2) is 0 Å². The number of hydrogen-bond acceptors (Lipinski definition) is 3. The number of rotatable bonds is 6. The fourth-order valence-corrected chi connectivity index (χ4v) is 3.02. The van der Waals surface area contributed by atoms with Gasteiger partial charge in [0.1, 0.15) is 11.5 Å². The van der Waals surface area contributed by atoms with Gasteiger partial charge in [0.2, 0.25) is 0 Å². The average molecular weight is 367 g/mol. The number of amides is 2. The Bertz CT molecular complexity index is 864. The van der Waals surface area contributed by atoms with E-state index < -0.39 is 11.7 Å². The van der Waals surface area contributed by atoms with Crippen LogP contribution in [0.1, 0.15) is 53.0 Å². The molecule has 6 heteroatoms. The van der Waals surface area contributed by atoms with E-state index in [4.69, 9.17) is 0 Å². The minimum Gasteiger partial charge on any atom is -0.350 e. The summed E-state index contributed by atoms with van der Waals surface area (Å²) in [5, 5.41) is 5.45. The van der Waals surface area contributed by atoms with Gasteiger partial charge in [-0.15, -0.1) is 0 Å². The molecule has 2 amide bonds. The third kappa shape index (κ3) is 5.48. The smallest absolute Gasteiger partial charge is 0.269 e. The molecule has 1 aliphatic carbocycles. The molecule has 0 atom stereocenters. The van der Waals surface area contributed by atoms with Gasteiger partial charge in [0.25, 0.3) is 11.8 Å². The Morgan fingerprint density at radius 1 is 1.11 bits per heavy atom. The molecule has 0 saturated heterocycles. The van der Waals surface area contributed by atoms with Crippen molar-refractivity contribution in [3.8, 4) is 0 Å². The zero-order valence-corrected chi connectivity index (χ0v) is 15.0. The lowest BCUT2D eigenvalue weighted by atomic mass is 9.97. The van der Waals surface area contributed by atoms with Gasteiger partial charge in [-0.2, -0.15) is 0 Å². The highest BCUT2D eigenvalue weighted by Gasteiger charge is 2.12. The molecule has 0 saturated carbocycles. The Labute approximate surface area is 157 Å². The minimum absolute atomic E-state index is 0.180. The highest BCUT2D eigenvalue weighted by Crippen LogP contribution is 2.19. The number of carbonyl (C=O) groups excluding carboxylic acids is 2. The lowest BCUT2D eigenvalue weighted by molar-refractivity contribution is 0.0949. The summed E-state index contributed by atoms with van der Waals surface area (Å²) in [4.78, 5) is 28.7. The Kier molecular flexibility index (Phi) is 6.30. The van der Waals surface area contributed by atoms with Gasteiger partial charge in [-0.1, -0.05) is 17.7 Å². The number of nitrogens with one attached hydrogen (secondary N) is 2.